The Bertz CT molecular complexity index is 1240. The smallest absolute Gasteiger partial charge is 0.251 e. The topological polar surface area (TPSA) is 58.1 Å². The zero-order chi connectivity index (χ0) is 24.6. The van der Waals surface area contributed by atoms with Crippen LogP contribution in [0.25, 0.3) is 11.3 Å². The predicted molar refractivity (Wildman–Crippen MR) is 145 cm³/mol. The van der Waals surface area contributed by atoms with E-state index < -0.39 is 0 Å². The first-order valence-corrected chi connectivity index (χ1v) is 12.7. The van der Waals surface area contributed by atoms with Crippen LogP contribution in [0.5, 0.6) is 0 Å². The summed E-state index contributed by atoms with van der Waals surface area (Å²) in [5, 5.41) is 3.65. The van der Waals surface area contributed by atoms with Gasteiger partial charge in [0.1, 0.15) is 5.82 Å². The molecule has 0 bridgehead atoms. The van der Waals surface area contributed by atoms with Gasteiger partial charge >= 0.3 is 0 Å². The average molecular weight is 483 g/mol. The number of benzene rings is 3. The summed E-state index contributed by atoms with van der Waals surface area (Å²) in [6, 6.07) is 30.4. The van der Waals surface area contributed by atoms with Crippen molar-refractivity contribution in [1.29, 1.82) is 0 Å². The van der Waals surface area contributed by atoms with Gasteiger partial charge in [-0.05, 0) is 37.1 Å². The van der Waals surface area contributed by atoms with E-state index in [-0.39, 0.29) is 11.9 Å². The standard InChI is InChI=1S/C29H30N4OS/c1-21(2)30-28(34)25-16-14-23(15-17-25)20-35-29-31-26(24-12-8-5-9-13-24)18-27(32-29)33(3)19-22-10-6-4-7-11-22/h4-18,21H,19-20H2,1-3H3,(H,30,34). The largest absolute Gasteiger partial charge is 0.355 e. The Labute approximate surface area is 211 Å². The van der Waals surface area contributed by atoms with Crippen LogP contribution in [0.2, 0.25) is 0 Å². The first-order chi connectivity index (χ1) is 17.0. The van der Waals surface area contributed by atoms with Crippen molar-refractivity contribution in [1.82, 2.24) is 15.3 Å². The number of aromatic nitrogens is 2. The Morgan fingerprint density at radius 2 is 1.54 bits per heavy atom. The second-order valence-corrected chi connectivity index (χ2v) is 9.66. The molecule has 0 aliphatic rings. The molecule has 0 saturated carbocycles. The van der Waals surface area contributed by atoms with Gasteiger partial charge in [-0.2, -0.15) is 0 Å². The Morgan fingerprint density at radius 3 is 2.20 bits per heavy atom. The van der Waals surface area contributed by atoms with Gasteiger partial charge in [0.05, 0.1) is 5.69 Å². The molecule has 1 aromatic heterocycles. The van der Waals surface area contributed by atoms with Crippen molar-refractivity contribution in [2.45, 2.75) is 37.3 Å². The number of amides is 1. The zero-order valence-corrected chi connectivity index (χ0v) is 21.1. The summed E-state index contributed by atoms with van der Waals surface area (Å²) in [5.41, 5.74) is 4.97. The van der Waals surface area contributed by atoms with Gasteiger partial charge < -0.3 is 10.2 Å². The maximum Gasteiger partial charge on any atom is 0.251 e. The van der Waals surface area contributed by atoms with Crippen LogP contribution in [-0.4, -0.2) is 29.0 Å². The van der Waals surface area contributed by atoms with Gasteiger partial charge in [-0.1, -0.05) is 84.6 Å². The lowest BCUT2D eigenvalue weighted by Crippen LogP contribution is -2.29. The number of carbonyl (C=O) groups excluding carboxylic acids is 1. The van der Waals surface area contributed by atoms with Crippen molar-refractivity contribution in [3.05, 3.63) is 108 Å². The third-order valence-corrected chi connectivity index (χ3v) is 6.34. The van der Waals surface area contributed by atoms with Crippen LogP contribution >= 0.6 is 11.8 Å². The normalized spacial score (nSPS) is 10.9. The minimum Gasteiger partial charge on any atom is -0.355 e. The highest BCUT2D eigenvalue weighted by molar-refractivity contribution is 7.98. The van der Waals surface area contributed by atoms with Crippen molar-refractivity contribution in [2.24, 2.45) is 0 Å². The lowest BCUT2D eigenvalue weighted by atomic mass is 10.1. The summed E-state index contributed by atoms with van der Waals surface area (Å²) in [4.78, 5) is 24.1. The Hall–Kier alpha value is -3.64. The molecule has 0 spiro atoms. The zero-order valence-electron chi connectivity index (χ0n) is 20.3. The van der Waals surface area contributed by atoms with Gasteiger partial charge in [0.15, 0.2) is 5.16 Å². The molecular formula is C29H30N4OS. The number of rotatable bonds is 9. The first kappa shape index (κ1) is 24.5. The number of nitrogens with one attached hydrogen (secondary N) is 1. The number of hydrogen-bond donors (Lipinski definition) is 1. The van der Waals surface area contributed by atoms with Crippen LogP contribution in [0, 0.1) is 0 Å². The lowest BCUT2D eigenvalue weighted by Gasteiger charge is -2.20. The highest BCUT2D eigenvalue weighted by Crippen LogP contribution is 2.27. The molecule has 4 aromatic rings. The van der Waals surface area contributed by atoms with E-state index in [4.69, 9.17) is 9.97 Å². The Morgan fingerprint density at radius 1 is 0.886 bits per heavy atom. The fraction of sp³-hybridized carbons (Fsp3) is 0.207. The van der Waals surface area contributed by atoms with E-state index in [0.29, 0.717) is 11.3 Å². The van der Waals surface area contributed by atoms with Crippen LogP contribution in [0.1, 0.15) is 35.3 Å². The molecule has 5 nitrogen and oxygen atoms in total. The SMILES string of the molecule is CC(C)NC(=O)c1ccc(CSc2nc(-c3ccccc3)cc(N(C)Cc3ccccc3)n2)cc1. The molecule has 1 amide bonds. The van der Waals surface area contributed by atoms with Crippen molar-refractivity contribution in [2.75, 3.05) is 11.9 Å². The van der Waals surface area contributed by atoms with Crippen LogP contribution < -0.4 is 10.2 Å². The summed E-state index contributed by atoms with van der Waals surface area (Å²) in [5.74, 6) is 1.54. The molecule has 1 heterocycles. The molecule has 0 aliphatic carbocycles. The third kappa shape index (κ3) is 6.93. The molecule has 4 rings (SSSR count). The van der Waals surface area contributed by atoms with E-state index in [1.807, 2.05) is 68.4 Å². The highest BCUT2D eigenvalue weighted by atomic mass is 32.2. The number of anilines is 1. The van der Waals surface area contributed by atoms with E-state index in [0.717, 1.165) is 34.3 Å². The number of hydrogen-bond acceptors (Lipinski definition) is 5. The van der Waals surface area contributed by atoms with Crippen molar-refractivity contribution in [3.8, 4) is 11.3 Å². The third-order valence-electron chi connectivity index (χ3n) is 5.42. The maximum absolute atomic E-state index is 12.2. The van der Waals surface area contributed by atoms with Crippen LogP contribution in [-0.2, 0) is 12.3 Å². The van der Waals surface area contributed by atoms with E-state index >= 15 is 0 Å². The molecule has 3 aromatic carbocycles. The molecule has 6 heteroatoms. The number of carbonyl (C=O) groups is 1. The monoisotopic (exact) mass is 482 g/mol. The van der Waals surface area contributed by atoms with E-state index in [2.05, 4.69) is 53.7 Å². The van der Waals surface area contributed by atoms with Gasteiger partial charge in [-0.15, -0.1) is 0 Å². The quantitative estimate of drug-likeness (QED) is 0.227. The van der Waals surface area contributed by atoms with E-state index in [1.54, 1.807) is 11.8 Å². The van der Waals surface area contributed by atoms with Gasteiger partial charge in [0.2, 0.25) is 0 Å². The molecular weight excluding hydrogens is 452 g/mol. The molecule has 1 N–H and O–H groups in total. The minimum absolute atomic E-state index is 0.0517. The predicted octanol–water partition coefficient (Wildman–Crippen LogP) is 6.21. The second-order valence-electron chi connectivity index (χ2n) is 8.72. The molecule has 0 fully saturated rings. The molecule has 0 unspecified atom stereocenters. The molecule has 35 heavy (non-hydrogen) atoms. The van der Waals surface area contributed by atoms with E-state index in [9.17, 15) is 4.79 Å². The summed E-state index contributed by atoms with van der Waals surface area (Å²) in [7, 11) is 2.06. The van der Waals surface area contributed by atoms with Crippen molar-refractivity contribution >= 4 is 23.5 Å². The van der Waals surface area contributed by atoms with Gasteiger partial charge in [0.25, 0.3) is 5.91 Å². The first-order valence-electron chi connectivity index (χ1n) is 11.7. The summed E-state index contributed by atoms with van der Waals surface area (Å²) >= 11 is 1.60. The molecule has 0 atom stereocenters. The number of nitrogens with zero attached hydrogens (tertiary/aromatic N) is 3. The van der Waals surface area contributed by atoms with Crippen LogP contribution in [0.15, 0.2) is 96.2 Å². The van der Waals surface area contributed by atoms with Gasteiger partial charge in [0, 0.05) is 42.6 Å². The summed E-state index contributed by atoms with van der Waals surface area (Å²) in [6.45, 7) is 4.67. The average Bonchev–Trinajstić information content (AvgIpc) is 2.88. The van der Waals surface area contributed by atoms with E-state index in [1.165, 1.54) is 5.56 Å². The summed E-state index contributed by atoms with van der Waals surface area (Å²) in [6.07, 6.45) is 0. The highest BCUT2D eigenvalue weighted by Gasteiger charge is 2.12. The van der Waals surface area contributed by atoms with Crippen molar-refractivity contribution in [3.63, 3.8) is 0 Å². The summed E-state index contributed by atoms with van der Waals surface area (Å²) < 4.78 is 0. The van der Waals surface area contributed by atoms with Crippen LogP contribution in [0.4, 0.5) is 5.82 Å². The van der Waals surface area contributed by atoms with Gasteiger partial charge in [-0.3, -0.25) is 4.79 Å². The minimum atomic E-state index is -0.0517. The Balaban J connectivity index is 1.53. The molecule has 178 valence electrons. The maximum atomic E-state index is 12.2. The Kier molecular flexibility index (Phi) is 8.16. The van der Waals surface area contributed by atoms with Gasteiger partial charge in [-0.25, -0.2) is 9.97 Å². The fourth-order valence-corrected chi connectivity index (χ4v) is 4.42. The lowest BCUT2D eigenvalue weighted by molar-refractivity contribution is 0.0943. The number of thioether (sulfide) groups is 1. The molecule has 0 radical (unpaired) electrons. The van der Waals surface area contributed by atoms with Crippen LogP contribution in [0.3, 0.4) is 0 Å². The fourth-order valence-electron chi connectivity index (χ4n) is 3.61. The van der Waals surface area contributed by atoms with Crippen molar-refractivity contribution < 1.29 is 4.79 Å². The molecule has 0 saturated heterocycles. The second kappa shape index (κ2) is 11.7. The molecule has 0 aliphatic heterocycles.